The fourth-order valence-electron chi connectivity index (χ4n) is 2.73. The van der Waals surface area contributed by atoms with Crippen molar-refractivity contribution in [3.63, 3.8) is 0 Å². The number of carbonyl (C=O) groups excluding carboxylic acids is 3. The van der Waals surface area contributed by atoms with Gasteiger partial charge in [-0.2, -0.15) is 0 Å². The second-order valence-electron chi connectivity index (χ2n) is 5.95. The first-order valence-electron chi connectivity index (χ1n) is 8.62. The van der Waals surface area contributed by atoms with Crippen LogP contribution in [0.15, 0.2) is 42.5 Å². The lowest BCUT2D eigenvalue weighted by Gasteiger charge is -2.18. The van der Waals surface area contributed by atoms with E-state index in [-0.39, 0.29) is 30.4 Å². The lowest BCUT2D eigenvalue weighted by atomic mass is 10.1. The Hall–Kier alpha value is -3.35. The van der Waals surface area contributed by atoms with E-state index in [0.717, 1.165) is 0 Å². The van der Waals surface area contributed by atoms with Gasteiger partial charge in [-0.15, -0.1) is 0 Å². The summed E-state index contributed by atoms with van der Waals surface area (Å²) < 4.78 is 10.9. The number of ketones is 1. The Bertz CT molecular complexity index is 878. The minimum Gasteiger partial charge on any atom is -0.486 e. The van der Waals surface area contributed by atoms with Crippen LogP contribution in [0.25, 0.3) is 0 Å². The molecule has 0 saturated carbocycles. The summed E-state index contributed by atoms with van der Waals surface area (Å²) in [6.07, 6.45) is 0.0585. The van der Waals surface area contributed by atoms with Crippen LogP contribution >= 0.6 is 0 Å². The van der Waals surface area contributed by atoms with Crippen LogP contribution in [0.2, 0.25) is 0 Å². The van der Waals surface area contributed by atoms with Gasteiger partial charge >= 0.3 is 0 Å². The highest BCUT2D eigenvalue weighted by Gasteiger charge is 2.17. The molecule has 0 aliphatic carbocycles. The summed E-state index contributed by atoms with van der Waals surface area (Å²) >= 11 is 0. The molecular weight excluding hydrogens is 348 g/mol. The van der Waals surface area contributed by atoms with Crippen LogP contribution in [0.1, 0.15) is 33.6 Å². The molecule has 3 rings (SSSR count). The summed E-state index contributed by atoms with van der Waals surface area (Å²) in [4.78, 5) is 36.4. The van der Waals surface area contributed by atoms with Crippen molar-refractivity contribution in [2.75, 3.05) is 25.6 Å². The molecule has 7 heteroatoms. The zero-order chi connectivity index (χ0) is 19.2. The Morgan fingerprint density at radius 1 is 0.963 bits per heavy atom. The minimum atomic E-state index is -0.336. The molecule has 0 fully saturated rings. The molecule has 2 aromatic rings. The molecule has 0 unspecified atom stereocenters. The summed E-state index contributed by atoms with van der Waals surface area (Å²) in [5.74, 6) is 0.356. The molecule has 1 aliphatic rings. The van der Waals surface area contributed by atoms with Crippen molar-refractivity contribution in [2.24, 2.45) is 0 Å². The third-order valence-electron chi connectivity index (χ3n) is 4.12. The van der Waals surface area contributed by atoms with Gasteiger partial charge in [0.2, 0.25) is 5.91 Å². The van der Waals surface area contributed by atoms with Gasteiger partial charge in [0, 0.05) is 25.5 Å². The van der Waals surface area contributed by atoms with Gasteiger partial charge < -0.3 is 20.1 Å². The summed E-state index contributed by atoms with van der Waals surface area (Å²) in [5.41, 5.74) is 1.25. The molecule has 140 valence electrons. The van der Waals surface area contributed by atoms with Crippen LogP contribution in [-0.4, -0.2) is 37.9 Å². The first-order valence-corrected chi connectivity index (χ1v) is 8.62. The molecule has 0 aromatic heterocycles. The number of para-hydroxylation sites is 1. The molecule has 0 spiro atoms. The number of hydrogen-bond acceptors (Lipinski definition) is 5. The Morgan fingerprint density at radius 3 is 2.48 bits per heavy atom. The topological polar surface area (TPSA) is 93.7 Å². The van der Waals surface area contributed by atoms with E-state index in [4.69, 9.17) is 9.47 Å². The van der Waals surface area contributed by atoms with Crippen LogP contribution < -0.4 is 20.1 Å². The Labute approximate surface area is 156 Å². The van der Waals surface area contributed by atoms with E-state index in [1.165, 1.54) is 7.05 Å². The maximum absolute atomic E-state index is 12.4. The van der Waals surface area contributed by atoms with Gasteiger partial charge in [-0.3, -0.25) is 14.4 Å². The molecule has 0 saturated heterocycles. The third-order valence-corrected chi connectivity index (χ3v) is 4.12. The Morgan fingerprint density at radius 2 is 1.70 bits per heavy atom. The van der Waals surface area contributed by atoms with E-state index in [9.17, 15) is 14.4 Å². The van der Waals surface area contributed by atoms with Gasteiger partial charge in [-0.1, -0.05) is 12.1 Å². The number of benzene rings is 2. The average Bonchev–Trinajstić information content (AvgIpc) is 2.71. The van der Waals surface area contributed by atoms with Gasteiger partial charge in [0.05, 0.1) is 11.3 Å². The number of nitrogens with one attached hydrogen (secondary N) is 2. The number of rotatable bonds is 6. The number of carbonyl (C=O) groups is 3. The van der Waals surface area contributed by atoms with Gasteiger partial charge in [-0.05, 0) is 30.3 Å². The smallest absolute Gasteiger partial charge is 0.253 e. The molecule has 1 heterocycles. The fraction of sp³-hybridized carbons (Fsp3) is 0.250. The van der Waals surface area contributed by atoms with Crippen molar-refractivity contribution in [1.29, 1.82) is 0 Å². The zero-order valence-corrected chi connectivity index (χ0v) is 14.9. The zero-order valence-electron chi connectivity index (χ0n) is 14.9. The number of anilines is 1. The maximum Gasteiger partial charge on any atom is 0.253 e. The summed E-state index contributed by atoms with van der Waals surface area (Å²) in [7, 11) is 1.52. The third kappa shape index (κ3) is 4.44. The lowest BCUT2D eigenvalue weighted by Crippen LogP contribution is -2.21. The number of amides is 2. The number of Topliss-reactive ketones (excluding diaryl/α,β-unsaturated/α-hetero) is 1. The van der Waals surface area contributed by atoms with E-state index in [1.807, 2.05) is 0 Å². The first-order chi connectivity index (χ1) is 13.1. The Balaban J connectivity index is 1.60. The first kappa shape index (κ1) is 18.4. The van der Waals surface area contributed by atoms with Gasteiger partial charge in [-0.25, -0.2) is 0 Å². The van der Waals surface area contributed by atoms with E-state index in [0.29, 0.717) is 41.5 Å². The monoisotopic (exact) mass is 368 g/mol. The molecule has 1 aliphatic heterocycles. The SMILES string of the molecule is CNC(=O)c1ccccc1NC(=O)CCC(=O)c1ccc2c(c1)OCCO2. The second-order valence-corrected chi connectivity index (χ2v) is 5.95. The molecular formula is C20H20N2O5. The highest BCUT2D eigenvalue weighted by Crippen LogP contribution is 2.31. The highest BCUT2D eigenvalue weighted by atomic mass is 16.6. The molecule has 0 bridgehead atoms. The minimum absolute atomic E-state index is 0.00928. The molecule has 27 heavy (non-hydrogen) atoms. The largest absolute Gasteiger partial charge is 0.486 e. The van der Waals surface area contributed by atoms with Crippen molar-refractivity contribution in [1.82, 2.24) is 5.32 Å². The molecule has 7 nitrogen and oxygen atoms in total. The van der Waals surface area contributed by atoms with E-state index in [1.54, 1.807) is 42.5 Å². The molecule has 0 radical (unpaired) electrons. The fourth-order valence-corrected chi connectivity index (χ4v) is 2.73. The molecule has 0 atom stereocenters. The van der Waals surface area contributed by atoms with Crippen LogP contribution in [0.3, 0.4) is 0 Å². The van der Waals surface area contributed by atoms with Gasteiger partial charge in [0.15, 0.2) is 17.3 Å². The normalized spacial score (nSPS) is 12.2. The van der Waals surface area contributed by atoms with Gasteiger partial charge in [0.25, 0.3) is 5.91 Å². The quantitative estimate of drug-likeness (QED) is 0.764. The molecule has 2 N–H and O–H groups in total. The predicted molar refractivity (Wildman–Crippen MR) is 99.5 cm³/mol. The highest BCUT2D eigenvalue weighted by molar-refractivity contribution is 6.05. The second kappa shape index (κ2) is 8.35. The van der Waals surface area contributed by atoms with Crippen LogP contribution in [-0.2, 0) is 4.79 Å². The maximum atomic E-state index is 12.4. The standard InChI is InChI=1S/C20H20N2O5/c1-21-20(25)14-4-2-3-5-15(14)22-19(24)9-7-16(23)13-6-8-17-18(12-13)27-11-10-26-17/h2-6,8,12H,7,9-11H2,1H3,(H,21,25)(H,22,24). The van der Waals surface area contributed by atoms with Crippen molar-refractivity contribution in [3.05, 3.63) is 53.6 Å². The predicted octanol–water partition coefficient (Wildman–Crippen LogP) is 2.42. The molecule has 2 aromatic carbocycles. The van der Waals surface area contributed by atoms with Crippen molar-refractivity contribution < 1.29 is 23.9 Å². The number of fused-ring (bicyclic) bond motifs is 1. The van der Waals surface area contributed by atoms with Crippen molar-refractivity contribution >= 4 is 23.3 Å². The van der Waals surface area contributed by atoms with Crippen LogP contribution in [0, 0.1) is 0 Å². The number of ether oxygens (including phenoxy) is 2. The van der Waals surface area contributed by atoms with Crippen LogP contribution in [0.4, 0.5) is 5.69 Å². The van der Waals surface area contributed by atoms with Crippen molar-refractivity contribution in [2.45, 2.75) is 12.8 Å². The molecule has 2 amide bonds. The van der Waals surface area contributed by atoms with Crippen molar-refractivity contribution in [3.8, 4) is 11.5 Å². The lowest BCUT2D eigenvalue weighted by molar-refractivity contribution is -0.116. The van der Waals surface area contributed by atoms with Gasteiger partial charge in [0.1, 0.15) is 13.2 Å². The number of hydrogen-bond donors (Lipinski definition) is 2. The summed E-state index contributed by atoms with van der Waals surface area (Å²) in [6.45, 7) is 0.926. The summed E-state index contributed by atoms with van der Waals surface area (Å²) in [5, 5.41) is 5.21. The van der Waals surface area contributed by atoms with E-state index in [2.05, 4.69) is 10.6 Å². The average molecular weight is 368 g/mol. The van der Waals surface area contributed by atoms with E-state index < -0.39 is 0 Å². The summed E-state index contributed by atoms with van der Waals surface area (Å²) in [6, 6.07) is 11.7. The van der Waals surface area contributed by atoms with E-state index >= 15 is 0 Å². The Kier molecular flexibility index (Phi) is 5.71. The van der Waals surface area contributed by atoms with Crippen LogP contribution in [0.5, 0.6) is 11.5 Å².